The van der Waals surface area contributed by atoms with Gasteiger partial charge in [-0.3, -0.25) is 9.59 Å². The van der Waals surface area contributed by atoms with E-state index < -0.39 is 6.04 Å². The zero-order chi connectivity index (χ0) is 22.8. The van der Waals surface area contributed by atoms with Gasteiger partial charge in [0.1, 0.15) is 6.04 Å². The molecule has 2 atom stereocenters. The van der Waals surface area contributed by atoms with E-state index in [1.165, 1.54) is 0 Å². The predicted molar refractivity (Wildman–Crippen MR) is 134 cm³/mol. The molecule has 2 rings (SSSR count). The highest BCUT2D eigenvalue weighted by atomic mass is 79.9. The fourth-order valence-corrected chi connectivity index (χ4v) is 4.33. The minimum atomic E-state index is -0.509. The van der Waals surface area contributed by atoms with Gasteiger partial charge in [0.25, 0.3) is 0 Å². The van der Waals surface area contributed by atoms with Crippen molar-refractivity contribution in [3.8, 4) is 0 Å². The second-order valence-electron chi connectivity index (χ2n) is 7.51. The molecular formula is C24H30BrClN2O2S. The van der Waals surface area contributed by atoms with Crippen molar-refractivity contribution < 1.29 is 9.59 Å². The molecule has 0 heterocycles. The van der Waals surface area contributed by atoms with E-state index in [1.54, 1.807) is 16.7 Å². The number of nitrogens with zero attached hydrogens (tertiary/aromatic N) is 1. The van der Waals surface area contributed by atoms with Gasteiger partial charge >= 0.3 is 0 Å². The number of carbonyl (C=O) groups excluding carboxylic acids is 2. The summed E-state index contributed by atoms with van der Waals surface area (Å²) in [6, 6.07) is 15.1. The van der Waals surface area contributed by atoms with Gasteiger partial charge in [-0.2, -0.15) is 0 Å². The standard InChI is InChI=1S/C24H30BrClN2O2S/c1-4-17(3)27-24(30)22(5-2)28(14-18-8-12-21(26)13-9-18)23(29)16-31-15-19-6-10-20(25)11-7-19/h6-13,17,22H,4-5,14-16H2,1-3H3,(H,27,30)/t17-,22-/m1/s1. The molecule has 0 aliphatic carbocycles. The molecule has 1 N–H and O–H groups in total. The van der Waals surface area contributed by atoms with Crippen LogP contribution >= 0.6 is 39.3 Å². The molecule has 0 aliphatic heterocycles. The Kier molecular flexibility index (Phi) is 10.9. The van der Waals surface area contributed by atoms with E-state index in [2.05, 4.69) is 21.2 Å². The van der Waals surface area contributed by atoms with E-state index in [-0.39, 0.29) is 17.9 Å². The first-order valence-corrected chi connectivity index (χ1v) is 12.8. The number of hydrogen-bond acceptors (Lipinski definition) is 3. The van der Waals surface area contributed by atoms with E-state index in [9.17, 15) is 9.59 Å². The van der Waals surface area contributed by atoms with Crippen molar-refractivity contribution >= 4 is 51.1 Å². The summed E-state index contributed by atoms with van der Waals surface area (Å²) < 4.78 is 1.03. The number of thioether (sulfide) groups is 1. The number of benzene rings is 2. The van der Waals surface area contributed by atoms with Crippen molar-refractivity contribution in [3.05, 3.63) is 69.2 Å². The molecule has 0 saturated carbocycles. The minimum absolute atomic E-state index is 0.0387. The normalized spacial score (nSPS) is 12.8. The molecule has 2 aromatic carbocycles. The highest BCUT2D eigenvalue weighted by Crippen LogP contribution is 2.19. The summed E-state index contributed by atoms with van der Waals surface area (Å²) in [6.45, 7) is 6.32. The monoisotopic (exact) mass is 524 g/mol. The van der Waals surface area contributed by atoms with Crippen LogP contribution in [0.5, 0.6) is 0 Å². The van der Waals surface area contributed by atoms with Crippen molar-refractivity contribution in [2.24, 2.45) is 0 Å². The second-order valence-corrected chi connectivity index (χ2v) is 9.85. The summed E-state index contributed by atoms with van der Waals surface area (Å²) in [7, 11) is 0. The average molecular weight is 526 g/mol. The van der Waals surface area contributed by atoms with Gasteiger partial charge in [-0.25, -0.2) is 0 Å². The number of nitrogens with one attached hydrogen (secondary N) is 1. The lowest BCUT2D eigenvalue weighted by molar-refractivity contribution is -0.139. The number of amides is 2. The average Bonchev–Trinajstić information content (AvgIpc) is 2.76. The predicted octanol–water partition coefficient (Wildman–Crippen LogP) is 6.06. The van der Waals surface area contributed by atoms with Crippen LogP contribution in [0, 0.1) is 0 Å². The largest absolute Gasteiger partial charge is 0.352 e. The quantitative estimate of drug-likeness (QED) is 0.388. The zero-order valence-electron chi connectivity index (χ0n) is 18.2. The van der Waals surface area contributed by atoms with Crippen molar-refractivity contribution in [1.29, 1.82) is 0 Å². The van der Waals surface area contributed by atoms with E-state index in [1.807, 2.05) is 69.3 Å². The van der Waals surface area contributed by atoms with Crippen LogP contribution in [0.3, 0.4) is 0 Å². The van der Waals surface area contributed by atoms with E-state index in [4.69, 9.17) is 11.6 Å². The lowest BCUT2D eigenvalue weighted by Gasteiger charge is -2.31. The van der Waals surface area contributed by atoms with E-state index in [0.717, 1.165) is 27.8 Å². The molecule has 0 aromatic heterocycles. The number of halogens is 2. The maximum atomic E-state index is 13.2. The van der Waals surface area contributed by atoms with E-state index >= 15 is 0 Å². The van der Waals surface area contributed by atoms with Crippen LogP contribution in [0.4, 0.5) is 0 Å². The van der Waals surface area contributed by atoms with Gasteiger partial charge in [0.15, 0.2) is 0 Å². The molecule has 0 radical (unpaired) electrons. The molecule has 0 aliphatic rings. The van der Waals surface area contributed by atoms with Crippen LogP contribution in [-0.4, -0.2) is 34.6 Å². The smallest absolute Gasteiger partial charge is 0.243 e. The third-order valence-electron chi connectivity index (χ3n) is 5.06. The molecule has 0 unspecified atom stereocenters. The first-order valence-electron chi connectivity index (χ1n) is 10.5. The molecular weight excluding hydrogens is 496 g/mol. The molecule has 0 saturated heterocycles. The molecule has 2 amide bonds. The SMILES string of the molecule is CC[C@@H](C)NC(=O)[C@@H](CC)N(Cc1ccc(Cl)cc1)C(=O)CSCc1ccc(Br)cc1. The topological polar surface area (TPSA) is 49.4 Å². The summed E-state index contributed by atoms with van der Waals surface area (Å²) in [5.41, 5.74) is 2.11. The van der Waals surface area contributed by atoms with Crippen LogP contribution in [-0.2, 0) is 21.9 Å². The van der Waals surface area contributed by atoms with Crippen molar-refractivity contribution in [1.82, 2.24) is 10.2 Å². The molecule has 168 valence electrons. The first-order chi connectivity index (χ1) is 14.8. The third-order valence-corrected chi connectivity index (χ3v) is 6.83. The summed E-state index contributed by atoms with van der Waals surface area (Å²) in [5.74, 6) is 0.917. The minimum Gasteiger partial charge on any atom is -0.352 e. The van der Waals surface area contributed by atoms with Crippen molar-refractivity contribution in [2.45, 2.75) is 58.0 Å². The Morgan fingerprint density at radius 3 is 2.23 bits per heavy atom. The van der Waals surface area contributed by atoms with Crippen LogP contribution in [0.15, 0.2) is 53.0 Å². The Labute approximate surface area is 203 Å². The fraction of sp³-hybridized carbons (Fsp3) is 0.417. The molecule has 0 fully saturated rings. The third kappa shape index (κ3) is 8.51. The maximum absolute atomic E-state index is 13.2. The zero-order valence-corrected chi connectivity index (χ0v) is 21.4. The van der Waals surface area contributed by atoms with Crippen molar-refractivity contribution in [2.75, 3.05) is 5.75 Å². The number of rotatable bonds is 11. The Bertz CT molecular complexity index is 846. The fourth-order valence-electron chi connectivity index (χ4n) is 3.07. The summed E-state index contributed by atoms with van der Waals surface area (Å²) in [6.07, 6.45) is 1.40. The lowest BCUT2D eigenvalue weighted by Crippen LogP contribution is -2.51. The highest BCUT2D eigenvalue weighted by molar-refractivity contribution is 9.10. The summed E-state index contributed by atoms with van der Waals surface area (Å²) in [4.78, 5) is 27.8. The number of carbonyl (C=O) groups is 2. The molecule has 0 bridgehead atoms. The van der Waals surface area contributed by atoms with Crippen LogP contribution in [0.25, 0.3) is 0 Å². The van der Waals surface area contributed by atoms with Gasteiger partial charge in [-0.1, -0.05) is 65.6 Å². The highest BCUT2D eigenvalue weighted by Gasteiger charge is 2.29. The van der Waals surface area contributed by atoms with Gasteiger partial charge in [0.2, 0.25) is 11.8 Å². The maximum Gasteiger partial charge on any atom is 0.243 e. The Hall–Kier alpha value is -1.50. The van der Waals surface area contributed by atoms with Gasteiger partial charge in [-0.05, 0) is 55.2 Å². The molecule has 7 heteroatoms. The second kappa shape index (κ2) is 13.1. The molecule has 31 heavy (non-hydrogen) atoms. The van der Waals surface area contributed by atoms with Crippen LogP contribution in [0.1, 0.15) is 44.7 Å². The summed E-state index contributed by atoms with van der Waals surface area (Å²) >= 11 is 11.0. The van der Waals surface area contributed by atoms with E-state index in [0.29, 0.717) is 23.7 Å². The van der Waals surface area contributed by atoms with Gasteiger partial charge < -0.3 is 10.2 Å². The summed E-state index contributed by atoms with van der Waals surface area (Å²) in [5, 5.41) is 3.68. The lowest BCUT2D eigenvalue weighted by atomic mass is 10.1. The first kappa shape index (κ1) is 25.8. The Morgan fingerprint density at radius 1 is 1.03 bits per heavy atom. The Morgan fingerprint density at radius 2 is 1.65 bits per heavy atom. The van der Waals surface area contributed by atoms with Crippen molar-refractivity contribution in [3.63, 3.8) is 0 Å². The van der Waals surface area contributed by atoms with Crippen LogP contribution < -0.4 is 5.32 Å². The number of hydrogen-bond donors (Lipinski definition) is 1. The molecule has 2 aromatic rings. The molecule has 0 spiro atoms. The molecule has 4 nitrogen and oxygen atoms in total. The van der Waals surface area contributed by atoms with Gasteiger partial charge in [-0.15, -0.1) is 11.8 Å². The van der Waals surface area contributed by atoms with Gasteiger partial charge in [0, 0.05) is 27.8 Å². The van der Waals surface area contributed by atoms with Crippen LogP contribution in [0.2, 0.25) is 5.02 Å². The Balaban J connectivity index is 2.12. The van der Waals surface area contributed by atoms with Gasteiger partial charge in [0.05, 0.1) is 5.75 Å².